The van der Waals surface area contributed by atoms with Gasteiger partial charge in [0.05, 0.1) is 11.6 Å². The van der Waals surface area contributed by atoms with E-state index in [9.17, 15) is 0 Å². The van der Waals surface area contributed by atoms with E-state index in [2.05, 4.69) is 37.7 Å². The number of hydrogen-bond donors (Lipinski definition) is 3. The summed E-state index contributed by atoms with van der Waals surface area (Å²) in [4.78, 5) is 8.99. The second kappa shape index (κ2) is 5.64. The fourth-order valence-electron chi connectivity index (χ4n) is 2.97. The highest BCUT2D eigenvalue weighted by molar-refractivity contribution is 5.87. The predicted molar refractivity (Wildman–Crippen MR) is 80.9 cm³/mol. The van der Waals surface area contributed by atoms with Crippen LogP contribution in [-0.2, 0) is 0 Å². The molecule has 2 aromatic heterocycles. The second-order valence-corrected chi connectivity index (χ2v) is 5.54. The van der Waals surface area contributed by atoms with Crippen LogP contribution in [-0.4, -0.2) is 32.8 Å². The van der Waals surface area contributed by atoms with Gasteiger partial charge < -0.3 is 10.6 Å². The molecule has 3 rings (SSSR count). The first-order valence-corrected chi connectivity index (χ1v) is 7.49. The third-order valence-electron chi connectivity index (χ3n) is 4.12. The molecule has 1 aliphatic rings. The van der Waals surface area contributed by atoms with Crippen molar-refractivity contribution in [3.63, 3.8) is 0 Å². The predicted octanol–water partition coefficient (Wildman–Crippen LogP) is 2.78. The molecule has 1 unspecified atom stereocenters. The van der Waals surface area contributed by atoms with Crippen molar-refractivity contribution in [1.82, 2.24) is 20.2 Å². The van der Waals surface area contributed by atoms with Gasteiger partial charge in [0.1, 0.15) is 5.82 Å². The number of H-pyrrole nitrogens is 1. The van der Waals surface area contributed by atoms with Gasteiger partial charge in [-0.3, -0.25) is 5.10 Å². The topological polar surface area (TPSA) is 78.5 Å². The molecule has 0 aromatic carbocycles. The highest BCUT2D eigenvalue weighted by atomic mass is 15.2. The lowest BCUT2D eigenvalue weighted by molar-refractivity contribution is 0.481. The summed E-state index contributed by atoms with van der Waals surface area (Å²) in [6.07, 6.45) is 7.12. The van der Waals surface area contributed by atoms with Gasteiger partial charge in [0.2, 0.25) is 5.95 Å². The zero-order chi connectivity index (χ0) is 13.9. The SMILES string of the molecule is CCNc1nc(NC(C)C2CCCC2)c2cn[nH]c2n1. The third kappa shape index (κ3) is 2.55. The first kappa shape index (κ1) is 13.1. The van der Waals surface area contributed by atoms with Crippen LogP contribution >= 0.6 is 0 Å². The highest BCUT2D eigenvalue weighted by Gasteiger charge is 2.22. The molecule has 108 valence electrons. The Hall–Kier alpha value is -1.85. The minimum Gasteiger partial charge on any atom is -0.367 e. The average molecular weight is 274 g/mol. The Morgan fingerprint density at radius 3 is 2.90 bits per heavy atom. The van der Waals surface area contributed by atoms with Crippen LogP contribution < -0.4 is 10.6 Å². The number of anilines is 2. The monoisotopic (exact) mass is 274 g/mol. The standard InChI is InChI=1S/C14H22N6/c1-3-15-14-18-12(11-8-16-20-13(11)19-14)17-9(2)10-6-4-5-7-10/h8-10H,3-7H2,1-2H3,(H3,15,16,17,18,19,20). The molecule has 1 atom stereocenters. The van der Waals surface area contributed by atoms with Crippen LogP contribution in [0.25, 0.3) is 11.0 Å². The van der Waals surface area contributed by atoms with Gasteiger partial charge in [-0.05, 0) is 32.6 Å². The lowest BCUT2D eigenvalue weighted by Gasteiger charge is -2.21. The largest absolute Gasteiger partial charge is 0.367 e. The van der Waals surface area contributed by atoms with Gasteiger partial charge in [0, 0.05) is 12.6 Å². The molecule has 0 aliphatic heterocycles. The van der Waals surface area contributed by atoms with Crippen LogP contribution in [0.15, 0.2) is 6.20 Å². The first-order chi connectivity index (χ1) is 9.78. The molecule has 6 nitrogen and oxygen atoms in total. The lowest BCUT2D eigenvalue weighted by Crippen LogP contribution is -2.24. The van der Waals surface area contributed by atoms with Gasteiger partial charge in [-0.1, -0.05) is 12.8 Å². The molecular formula is C14H22N6. The third-order valence-corrected chi connectivity index (χ3v) is 4.12. The van der Waals surface area contributed by atoms with Crippen molar-refractivity contribution in [3.8, 4) is 0 Å². The summed E-state index contributed by atoms with van der Waals surface area (Å²) in [5, 5.41) is 14.7. The zero-order valence-electron chi connectivity index (χ0n) is 12.1. The van der Waals surface area contributed by atoms with Gasteiger partial charge in [0.25, 0.3) is 0 Å². The zero-order valence-corrected chi connectivity index (χ0v) is 12.1. The molecule has 0 radical (unpaired) electrons. The molecule has 20 heavy (non-hydrogen) atoms. The van der Waals surface area contributed by atoms with Crippen molar-refractivity contribution < 1.29 is 0 Å². The van der Waals surface area contributed by atoms with Crippen molar-refractivity contribution in [3.05, 3.63) is 6.20 Å². The van der Waals surface area contributed by atoms with Gasteiger partial charge in [-0.25, -0.2) is 0 Å². The van der Waals surface area contributed by atoms with E-state index in [0.29, 0.717) is 12.0 Å². The summed E-state index contributed by atoms with van der Waals surface area (Å²) in [7, 11) is 0. The van der Waals surface area contributed by atoms with Gasteiger partial charge in [0.15, 0.2) is 5.65 Å². The molecule has 6 heteroatoms. The fraction of sp³-hybridized carbons (Fsp3) is 0.643. The average Bonchev–Trinajstić information content (AvgIpc) is 3.10. The Morgan fingerprint density at radius 1 is 1.35 bits per heavy atom. The molecule has 0 amide bonds. The number of aromatic amines is 1. The smallest absolute Gasteiger partial charge is 0.226 e. The van der Waals surface area contributed by atoms with E-state index in [-0.39, 0.29) is 0 Å². The maximum atomic E-state index is 4.58. The summed E-state index contributed by atoms with van der Waals surface area (Å²) < 4.78 is 0. The second-order valence-electron chi connectivity index (χ2n) is 5.54. The molecule has 0 bridgehead atoms. The van der Waals surface area contributed by atoms with E-state index in [4.69, 9.17) is 0 Å². The number of nitrogens with zero attached hydrogens (tertiary/aromatic N) is 3. The summed E-state index contributed by atoms with van der Waals surface area (Å²) in [6.45, 7) is 5.09. The molecule has 2 heterocycles. The molecule has 3 N–H and O–H groups in total. The number of nitrogens with one attached hydrogen (secondary N) is 3. The first-order valence-electron chi connectivity index (χ1n) is 7.49. The van der Waals surface area contributed by atoms with Crippen LogP contribution in [0.4, 0.5) is 11.8 Å². The molecule has 1 aliphatic carbocycles. The minimum atomic E-state index is 0.431. The van der Waals surface area contributed by atoms with Gasteiger partial charge in [-0.2, -0.15) is 15.1 Å². The summed E-state index contributed by atoms with van der Waals surface area (Å²) in [5.41, 5.74) is 0.775. The number of fused-ring (bicyclic) bond motifs is 1. The maximum absolute atomic E-state index is 4.58. The normalized spacial score (nSPS) is 17.5. The van der Waals surface area contributed by atoms with E-state index in [1.807, 2.05) is 6.92 Å². The maximum Gasteiger partial charge on any atom is 0.226 e. The van der Waals surface area contributed by atoms with Crippen LogP contribution in [0, 0.1) is 5.92 Å². The van der Waals surface area contributed by atoms with Crippen molar-refractivity contribution in [2.75, 3.05) is 17.2 Å². The van der Waals surface area contributed by atoms with Crippen LogP contribution in [0.3, 0.4) is 0 Å². The fourth-order valence-corrected chi connectivity index (χ4v) is 2.97. The Labute approximate surface area is 118 Å². The quantitative estimate of drug-likeness (QED) is 0.781. The molecule has 1 saturated carbocycles. The minimum absolute atomic E-state index is 0.431. The number of hydrogen-bond acceptors (Lipinski definition) is 5. The van der Waals surface area contributed by atoms with Gasteiger partial charge in [-0.15, -0.1) is 0 Å². The van der Waals surface area contributed by atoms with Crippen molar-refractivity contribution >= 4 is 22.8 Å². The number of rotatable bonds is 5. The summed E-state index contributed by atoms with van der Waals surface area (Å²) >= 11 is 0. The molecule has 2 aromatic rings. The highest BCUT2D eigenvalue weighted by Crippen LogP contribution is 2.30. The molecular weight excluding hydrogens is 252 g/mol. The van der Waals surface area contributed by atoms with Crippen LogP contribution in [0.2, 0.25) is 0 Å². The Balaban J connectivity index is 1.86. The lowest BCUT2D eigenvalue weighted by atomic mass is 10.00. The van der Waals surface area contributed by atoms with Crippen LogP contribution in [0.1, 0.15) is 39.5 Å². The van der Waals surface area contributed by atoms with Crippen LogP contribution in [0.5, 0.6) is 0 Å². The Morgan fingerprint density at radius 2 is 2.15 bits per heavy atom. The van der Waals surface area contributed by atoms with E-state index < -0.39 is 0 Å². The van der Waals surface area contributed by atoms with Crippen molar-refractivity contribution in [1.29, 1.82) is 0 Å². The van der Waals surface area contributed by atoms with Crippen molar-refractivity contribution in [2.45, 2.75) is 45.6 Å². The van der Waals surface area contributed by atoms with Crippen molar-refractivity contribution in [2.24, 2.45) is 5.92 Å². The molecule has 0 saturated heterocycles. The Kier molecular flexibility index (Phi) is 3.71. The van der Waals surface area contributed by atoms with E-state index >= 15 is 0 Å². The summed E-state index contributed by atoms with van der Waals surface area (Å²) in [5.74, 6) is 2.26. The molecule has 1 fully saturated rings. The van der Waals surface area contributed by atoms with E-state index in [0.717, 1.165) is 29.3 Å². The van der Waals surface area contributed by atoms with E-state index in [1.54, 1.807) is 6.20 Å². The van der Waals surface area contributed by atoms with Gasteiger partial charge >= 0.3 is 0 Å². The number of aromatic nitrogens is 4. The Bertz CT molecular complexity index is 572. The summed E-state index contributed by atoms with van der Waals surface area (Å²) in [6, 6.07) is 0.431. The van der Waals surface area contributed by atoms with E-state index in [1.165, 1.54) is 25.7 Å². The molecule has 0 spiro atoms.